The maximum atomic E-state index is 12.0. The average Bonchev–Trinajstić information content (AvgIpc) is 1.86. The normalized spacial score (nSPS) is 8.82. The molecule has 1 amide bonds. The van der Waals surface area contributed by atoms with Crippen molar-refractivity contribution in [2.75, 3.05) is 13.1 Å². The highest BCUT2D eigenvalue weighted by molar-refractivity contribution is 5.69. The van der Waals surface area contributed by atoms with Gasteiger partial charge in [-0.3, -0.25) is 4.90 Å². The number of carbonyl (C=O) groups excluding carboxylic acids is 1. The minimum absolute atomic E-state index is 0.335. The summed E-state index contributed by atoms with van der Waals surface area (Å²) in [6.45, 7) is 2.09. The second-order valence-corrected chi connectivity index (χ2v) is 1.85. The van der Waals surface area contributed by atoms with Crippen LogP contribution in [0.4, 0.5) is 9.18 Å². The molecule has 5 heteroatoms. The van der Waals surface area contributed by atoms with Crippen LogP contribution in [0.5, 0.6) is 0 Å². The van der Waals surface area contributed by atoms with Crippen LogP contribution in [0.15, 0.2) is 12.4 Å². The van der Waals surface area contributed by atoms with Crippen LogP contribution in [0.25, 0.3) is 0 Å². The first-order valence-corrected chi connectivity index (χ1v) is 2.82. The van der Waals surface area contributed by atoms with Crippen molar-refractivity contribution in [1.29, 1.82) is 0 Å². The maximum absolute atomic E-state index is 12.0. The predicted molar refractivity (Wildman–Crippen MR) is 35.9 cm³/mol. The lowest BCUT2D eigenvalue weighted by Gasteiger charge is -2.13. The van der Waals surface area contributed by atoms with E-state index in [1.165, 1.54) is 0 Å². The SMILES string of the molecule is C=C(F)CN(CC=O)C(=O)O. The van der Waals surface area contributed by atoms with Crippen LogP contribution in [-0.2, 0) is 4.79 Å². The maximum Gasteiger partial charge on any atom is 0.408 e. The number of aldehydes is 1. The molecule has 62 valence electrons. The van der Waals surface area contributed by atoms with Gasteiger partial charge in [0.2, 0.25) is 0 Å². The highest BCUT2D eigenvalue weighted by Gasteiger charge is 2.11. The summed E-state index contributed by atoms with van der Waals surface area (Å²) < 4.78 is 12.0. The third kappa shape index (κ3) is 4.07. The minimum Gasteiger partial charge on any atom is -0.465 e. The molecular weight excluding hydrogens is 153 g/mol. The second kappa shape index (κ2) is 4.43. The monoisotopic (exact) mass is 161 g/mol. The van der Waals surface area contributed by atoms with Crippen molar-refractivity contribution in [2.24, 2.45) is 0 Å². The lowest BCUT2D eigenvalue weighted by atomic mass is 10.5. The van der Waals surface area contributed by atoms with Gasteiger partial charge in [-0.15, -0.1) is 0 Å². The van der Waals surface area contributed by atoms with E-state index in [2.05, 4.69) is 6.58 Å². The predicted octanol–water partition coefficient (Wildman–Crippen LogP) is 0.648. The molecule has 0 radical (unpaired) electrons. The molecule has 0 aromatic carbocycles. The van der Waals surface area contributed by atoms with E-state index in [1.807, 2.05) is 0 Å². The summed E-state index contributed by atoms with van der Waals surface area (Å²) in [5.41, 5.74) is 0. The van der Waals surface area contributed by atoms with Gasteiger partial charge in [-0.25, -0.2) is 9.18 Å². The molecule has 0 unspecified atom stereocenters. The smallest absolute Gasteiger partial charge is 0.408 e. The first-order valence-electron chi connectivity index (χ1n) is 2.82. The van der Waals surface area contributed by atoms with Crippen LogP contribution in [0, 0.1) is 0 Å². The Bertz CT molecular complexity index is 181. The molecule has 0 bridgehead atoms. The summed E-state index contributed by atoms with van der Waals surface area (Å²) in [6, 6.07) is 0. The highest BCUT2D eigenvalue weighted by Crippen LogP contribution is 1.96. The molecule has 0 spiro atoms. The molecule has 1 N–H and O–H groups in total. The van der Waals surface area contributed by atoms with Gasteiger partial charge >= 0.3 is 6.09 Å². The van der Waals surface area contributed by atoms with Gasteiger partial charge in [0.25, 0.3) is 0 Å². The van der Waals surface area contributed by atoms with E-state index in [-0.39, 0.29) is 6.54 Å². The lowest BCUT2D eigenvalue weighted by Crippen LogP contribution is -2.32. The Morgan fingerprint density at radius 2 is 2.27 bits per heavy atom. The number of hydrogen-bond donors (Lipinski definition) is 1. The molecule has 0 aromatic rings. The third-order valence-electron chi connectivity index (χ3n) is 0.928. The van der Waals surface area contributed by atoms with Crippen molar-refractivity contribution in [3.8, 4) is 0 Å². The Balaban J connectivity index is 3.99. The van der Waals surface area contributed by atoms with Gasteiger partial charge in [-0.05, 0) is 0 Å². The van der Waals surface area contributed by atoms with Crippen LogP contribution in [0.3, 0.4) is 0 Å². The van der Waals surface area contributed by atoms with Gasteiger partial charge in [0, 0.05) is 0 Å². The van der Waals surface area contributed by atoms with E-state index in [4.69, 9.17) is 5.11 Å². The number of amides is 1. The van der Waals surface area contributed by atoms with Crippen molar-refractivity contribution in [3.63, 3.8) is 0 Å². The molecular formula is C6H8FNO3. The Hall–Kier alpha value is -1.39. The second-order valence-electron chi connectivity index (χ2n) is 1.85. The van der Waals surface area contributed by atoms with Gasteiger partial charge in [-0.1, -0.05) is 6.58 Å². The molecule has 0 rings (SSSR count). The topological polar surface area (TPSA) is 57.6 Å². The van der Waals surface area contributed by atoms with Crippen LogP contribution < -0.4 is 0 Å². The van der Waals surface area contributed by atoms with E-state index in [0.717, 1.165) is 0 Å². The number of halogens is 1. The Kier molecular flexibility index (Phi) is 3.87. The zero-order valence-electron chi connectivity index (χ0n) is 5.79. The fourth-order valence-electron chi connectivity index (χ4n) is 0.507. The minimum atomic E-state index is -1.34. The largest absolute Gasteiger partial charge is 0.465 e. The van der Waals surface area contributed by atoms with E-state index >= 15 is 0 Å². The summed E-state index contributed by atoms with van der Waals surface area (Å²) in [4.78, 5) is 20.6. The lowest BCUT2D eigenvalue weighted by molar-refractivity contribution is -0.108. The van der Waals surface area contributed by atoms with Gasteiger partial charge in [0.15, 0.2) is 0 Å². The third-order valence-corrected chi connectivity index (χ3v) is 0.928. The molecule has 0 aliphatic heterocycles. The molecule has 0 atom stereocenters. The number of hydrogen-bond acceptors (Lipinski definition) is 2. The van der Waals surface area contributed by atoms with E-state index in [9.17, 15) is 14.0 Å². The Labute approximate surface area is 62.9 Å². The first kappa shape index (κ1) is 9.61. The van der Waals surface area contributed by atoms with Gasteiger partial charge in [-0.2, -0.15) is 0 Å². The highest BCUT2D eigenvalue weighted by atomic mass is 19.1. The molecule has 0 aromatic heterocycles. The van der Waals surface area contributed by atoms with E-state index < -0.39 is 18.5 Å². The van der Waals surface area contributed by atoms with Gasteiger partial charge in [0.05, 0.1) is 13.1 Å². The number of rotatable bonds is 4. The van der Waals surface area contributed by atoms with Gasteiger partial charge in [0.1, 0.15) is 12.1 Å². The average molecular weight is 161 g/mol. The molecule has 0 heterocycles. The first-order chi connectivity index (χ1) is 5.07. The van der Waals surface area contributed by atoms with Crippen LogP contribution in [-0.4, -0.2) is 35.5 Å². The van der Waals surface area contributed by atoms with Gasteiger partial charge < -0.3 is 9.90 Å². The molecule has 4 nitrogen and oxygen atoms in total. The Morgan fingerprint density at radius 1 is 1.73 bits per heavy atom. The number of carboxylic acid groups (broad SMARTS) is 1. The summed E-state index contributed by atoms with van der Waals surface area (Å²) in [5, 5.41) is 8.31. The molecule has 0 saturated carbocycles. The van der Waals surface area contributed by atoms with Crippen LogP contribution in [0.2, 0.25) is 0 Å². The molecule has 0 saturated heterocycles. The van der Waals surface area contributed by atoms with Crippen LogP contribution >= 0.6 is 0 Å². The summed E-state index contributed by atoms with van der Waals surface area (Å²) in [5.74, 6) is -0.783. The van der Waals surface area contributed by atoms with E-state index in [1.54, 1.807) is 0 Å². The summed E-state index contributed by atoms with van der Waals surface area (Å²) in [7, 11) is 0. The molecule has 0 aliphatic carbocycles. The van der Waals surface area contributed by atoms with Crippen molar-refractivity contribution in [2.45, 2.75) is 0 Å². The Morgan fingerprint density at radius 3 is 2.55 bits per heavy atom. The standard InChI is InChI=1S/C6H8FNO3/c1-5(7)4-8(2-3-9)6(10)11/h3H,1-2,4H2,(H,10,11). The van der Waals surface area contributed by atoms with Crippen molar-refractivity contribution in [3.05, 3.63) is 12.4 Å². The summed E-state index contributed by atoms with van der Waals surface area (Å²) >= 11 is 0. The zero-order valence-corrected chi connectivity index (χ0v) is 5.79. The fraction of sp³-hybridized carbons (Fsp3) is 0.333. The quantitative estimate of drug-likeness (QED) is 0.616. The zero-order chi connectivity index (χ0) is 8.85. The number of nitrogens with zero attached hydrogens (tertiary/aromatic N) is 1. The van der Waals surface area contributed by atoms with Crippen molar-refractivity contribution < 1.29 is 19.1 Å². The van der Waals surface area contributed by atoms with E-state index in [0.29, 0.717) is 11.2 Å². The van der Waals surface area contributed by atoms with Crippen molar-refractivity contribution >= 4 is 12.4 Å². The number of carbonyl (C=O) groups is 2. The van der Waals surface area contributed by atoms with Crippen molar-refractivity contribution in [1.82, 2.24) is 4.90 Å². The molecule has 11 heavy (non-hydrogen) atoms. The molecule has 0 aliphatic rings. The molecule has 0 fully saturated rings. The fourth-order valence-corrected chi connectivity index (χ4v) is 0.507. The van der Waals surface area contributed by atoms with Crippen LogP contribution in [0.1, 0.15) is 0 Å². The summed E-state index contributed by atoms with van der Waals surface area (Å²) in [6.07, 6.45) is -0.951.